The summed E-state index contributed by atoms with van der Waals surface area (Å²) in [6.07, 6.45) is 1.00. The van der Waals surface area contributed by atoms with Gasteiger partial charge >= 0.3 is 11.9 Å². The summed E-state index contributed by atoms with van der Waals surface area (Å²) < 4.78 is 34.0. The second kappa shape index (κ2) is 6.54. The van der Waals surface area contributed by atoms with E-state index < -0.39 is 32.4 Å². The summed E-state index contributed by atoms with van der Waals surface area (Å²) in [6.45, 7) is 3.41. The Hall–Kier alpha value is -2.15. The Morgan fingerprint density at radius 3 is 2.65 bits per heavy atom. The molecule has 1 aromatic rings. The SMILES string of the molecule is C=CC[C@]1(S(=O)(=O)c2ccccc2)C(=O)OC[C@@H]1CC(=O)OC. The molecular weight excluding hydrogens is 320 g/mol. The van der Waals surface area contributed by atoms with Gasteiger partial charge in [-0.1, -0.05) is 24.3 Å². The van der Waals surface area contributed by atoms with Crippen molar-refractivity contribution in [2.24, 2.45) is 5.92 Å². The summed E-state index contributed by atoms with van der Waals surface area (Å²) in [4.78, 5) is 24.0. The number of ether oxygens (including phenoxy) is 2. The van der Waals surface area contributed by atoms with E-state index in [4.69, 9.17) is 4.74 Å². The van der Waals surface area contributed by atoms with Gasteiger partial charge in [0.1, 0.15) is 0 Å². The first-order chi connectivity index (χ1) is 10.9. The topological polar surface area (TPSA) is 86.7 Å². The number of allylic oxidation sites excluding steroid dienone is 1. The van der Waals surface area contributed by atoms with Gasteiger partial charge in [-0.15, -0.1) is 6.58 Å². The van der Waals surface area contributed by atoms with Crippen LogP contribution in [-0.2, 0) is 28.9 Å². The Morgan fingerprint density at radius 1 is 1.43 bits per heavy atom. The number of methoxy groups -OCH3 is 1. The van der Waals surface area contributed by atoms with Crippen molar-refractivity contribution in [1.82, 2.24) is 0 Å². The molecular formula is C16H18O6S. The fourth-order valence-electron chi connectivity index (χ4n) is 2.82. The first-order valence-corrected chi connectivity index (χ1v) is 8.53. The Bertz CT molecular complexity index is 709. The van der Waals surface area contributed by atoms with Crippen molar-refractivity contribution in [2.75, 3.05) is 13.7 Å². The molecule has 1 heterocycles. The fraction of sp³-hybridized carbons (Fsp3) is 0.375. The van der Waals surface area contributed by atoms with E-state index in [2.05, 4.69) is 11.3 Å². The number of hydrogen-bond donors (Lipinski definition) is 0. The molecule has 0 aromatic heterocycles. The van der Waals surface area contributed by atoms with Crippen LogP contribution in [0, 0.1) is 5.92 Å². The highest BCUT2D eigenvalue weighted by Gasteiger charge is 2.61. The van der Waals surface area contributed by atoms with E-state index in [0.717, 1.165) is 0 Å². The molecule has 0 unspecified atom stereocenters. The van der Waals surface area contributed by atoms with Gasteiger partial charge in [0.15, 0.2) is 14.6 Å². The molecule has 0 aliphatic carbocycles. The molecule has 0 saturated carbocycles. The molecule has 0 bridgehead atoms. The lowest BCUT2D eigenvalue weighted by Gasteiger charge is -2.29. The van der Waals surface area contributed by atoms with E-state index in [-0.39, 0.29) is 24.3 Å². The molecule has 7 heteroatoms. The van der Waals surface area contributed by atoms with Crippen LogP contribution >= 0.6 is 0 Å². The molecule has 0 N–H and O–H groups in total. The highest BCUT2D eigenvalue weighted by atomic mass is 32.2. The maximum Gasteiger partial charge on any atom is 0.328 e. The third-order valence-electron chi connectivity index (χ3n) is 4.04. The summed E-state index contributed by atoms with van der Waals surface area (Å²) in [7, 11) is -2.86. The van der Waals surface area contributed by atoms with Crippen LogP contribution in [0.1, 0.15) is 12.8 Å². The first-order valence-electron chi connectivity index (χ1n) is 7.04. The van der Waals surface area contributed by atoms with Gasteiger partial charge in [0.25, 0.3) is 0 Å². The Morgan fingerprint density at radius 2 is 2.09 bits per heavy atom. The van der Waals surface area contributed by atoms with E-state index in [1.54, 1.807) is 18.2 Å². The number of rotatable bonds is 6. The average molecular weight is 338 g/mol. The second-order valence-electron chi connectivity index (χ2n) is 5.27. The van der Waals surface area contributed by atoms with E-state index >= 15 is 0 Å². The highest BCUT2D eigenvalue weighted by molar-refractivity contribution is 7.93. The summed E-state index contributed by atoms with van der Waals surface area (Å²) in [5.74, 6) is -2.27. The zero-order valence-electron chi connectivity index (χ0n) is 12.7. The van der Waals surface area contributed by atoms with E-state index in [1.165, 1.54) is 25.3 Å². The minimum absolute atomic E-state index is 0.00978. The smallest absolute Gasteiger partial charge is 0.328 e. The molecule has 23 heavy (non-hydrogen) atoms. The summed E-state index contributed by atoms with van der Waals surface area (Å²) in [5.41, 5.74) is 0. The van der Waals surface area contributed by atoms with Crippen molar-refractivity contribution in [3.8, 4) is 0 Å². The van der Waals surface area contributed by atoms with Crippen LogP contribution in [0.3, 0.4) is 0 Å². The minimum Gasteiger partial charge on any atom is -0.469 e. The Kier molecular flexibility index (Phi) is 4.89. The Balaban J connectivity index is 2.58. The molecule has 0 radical (unpaired) electrons. The van der Waals surface area contributed by atoms with Gasteiger partial charge in [0, 0.05) is 5.92 Å². The third kappa shape index (κ3) is 2.76. The third-order valence-corrected chi connectivity index (χ3v) is 6.56. The molecule has 1 saturated heterocycles. The lowest BCUT2D eigenvalue weighted by Crippen LogP contribution is -2.49. The van der Waals surface area contributed by atoms with Crippen LogP contribution < -0.4 is 0 Å². The van der Waals surface area contributed by atoms with Gasteiger partial charge in [-0.3, -0.25) is 9.59 Å². The van der Waals surface area contributed by atoms with Gasteiger partial charge < -0.3 is 9.47 Å². The summed E-state index contributed by atoms with van der Waals surface area (Å²) in [6, 6.07) is 7.66. The van der Waals surface area contributed by atoms with Gasteiger partial charge in [0.2, 0.25) is 0 Å². The molecule has 1 aliphatic heterocycles. The molecule has 1 aromatic carbocycles. The van der Waals surface area contributed by atoms with Crippen molar-refractivity contribution in [3.63, 3.8) is 0 Å². The number of hydrogen-bond acceptors (Lipinski definition) is 6. The van der Waals surface area contributed by atoms with Crippen LogP contribution in [0.15, 0.2) is 47.9 Å². The first kappa shape index (κ1) is 17.2. The van der Waals surface area contributed by atoms with Crippen molar-refractivity contribution >= 4 is 21.8 Å². The lowest BCUT2D eigenvalue weighted by atomic mass is 9.88. The molecule has 124 valence electrons. The van der Waals surface area contributed by atoms with Crippen LogP contribution in [0.4, 0.5) is 0 Å². The quantitative estimate of drug-likeness (QED) is 0.577. The van der Waals surface area contributed by atoms with Crippen LogP contribution in [0.25, 0.3) is 0 Å². The molecule has 2 atom stereocenters. The highest BCUT2D eigenvalue weighted by Crippen LogP contribution is 2.43. The largest absolute Gasteiger partial charge is 0.469 e. The number of carbonyl (C=O) groups excluding carboxylic acids is 2. The second-order valence-corrected chi connectivity index (χ2v) is 7.48. The predicted octanol–water partition coefficient (Wildman–Crippen LogP) is 1.51. The van der Waals surface area contributed by atoms with Crippen LogP contribution in [0.5, 0.6) is 0 Å². The maximum absolute atomic E-state index is 13.1. The normalized spacial score (nSPS) is 24.0. The Labute approximate surface area is 135 Å². The van der Waals surface area contributed by atoms with Gasteiger partial charge in [0.05, 0.1) is 25.0 Å². The van der Waals surface area contributed by atoms with Gasteiger partial charge in [-0.25, -0.2) is 8.42 Å². The zero-order chi connectivity index (χ0) is 17.1. The molecule has 0 amide bonds. The number of carbonyl (C=O) groups is 2. The molecule has 2 rings (SSSR count). The van der Waals surface area contributed by atoms with Crippen molar-refractivity contribution in [3.05, 3.63) is 43.0 Å². The molecule has 0 spiro atoms. The monoisotopic (exact) mass is 338 g/mol. The maximum atomic E-state index is 13.1. The van der Waals surface area contributed by atoms with E-state index in [9.17, 15) is 18.0 Å². The number of cyclic esters (lactones) is 1. The van der Waals surface area contributed by atoms with E-state index in [1.807, 2.05) is 0 Å². The number of benzene rings is 1. The summed E-state index contributed by atoms with van der Waals surface area (Å²) >= 11 is 0. The van der Waals surface area contributed by atoms with Gasteiger partial charge in [-0.05, 0) is 18.6 Å². The lowest BCUT2D eigenvalue weighted by molar-refractivity contribution is -0.142. The number of sulfone groups is 1. The standard InChI is InChI=1S/C16H18O6S/c1-3-9-16(23(19,20)13-7-5-4-6-8-13)12(10-14(17)21-2)11-22-15(16)18/h3-8,12H,1,9-11H2,2H3/t12-,16+/m0/s1. The average Bonchev–Trinajstić information content (AvgIpc) is 2.86. The van der Waals surface area contributed by atoms with Crippen molar-refractivity contribution in [1.29, 1.82) is 0 Å². The fourth-order valence-corrected chi connectivity index (χ4v) is 4.96. The van der Waals surface area contributed by atoms with Crippen LogP contribution in [0.2, 0.25) is 0 Å². The summed E-state index contributed by atoms with van der Waals surface area (Å²) in [5, 5.41) is 0. The minimum atomic E-state index is -4.07. The number of esters is 2. The van der Waals surface area contributed by atoms with Crippen molar-refractivity contribution in [2.45, 2.75) is 22.5 Å². The molecule has 6 nitrogen and oxygen atoms in total. The van der Waals surface area contributed by atoms with E-state index in [0.29, 0.717) is 0 Å². The van der Waals surface area contributed by atoms with Crippen LogP contribution in [-0.4, -0.2) is 38.8 Å². The predicted molar refractivity (Wildman–Crippen MR) is 82.3 cm³/mol. The molecule has 1 fully saturated rings. The zero-order valence-corrected chi connectivity index (χ0v) is 13.5. The molecule has 1 aliphatic rings. The van der Waals surface area contributed by atoms with Gasteiger partial charge in [-0.2, -0.15) is 0 Å². The van der Waals surface area contributed by atoms with Crippen molar-refractivity contribution < 1.29 is 27.5 Å².